The Morgan fingerprint density at radius 3 is 2.92 bits per heavy atom. The predicted octanol–water partition coefficient (Wildman–Crippen LogP) is -0.347. The minimum absolute atomic E-state index is 0.0212. The van der Waals surface area contributed by atoms with Crippen molar-refractivity contribution in [1.82, 2.24) is 10.2 Å². The van der Waals surface area contributed by atoms with Gasteiger partial charge in [0.25, 0.3) is 0 Å². The predicted molar refractivity (Wildman–Crippen MR) is 52.7 cm³/mol. The molecular formula is C8H14N2O2S. The summed E-state index contributed by atoms with van der Waals surface area (Å²) in [6, 6.07) is -0.0212. The van der Waals surface area contributed by atoms with Crippen LogP contribution in [-0.4, -0.2) is 41.6 Å². The highest BCUT2D eigenvalue weighted by atomic mass is 32.1. The number of amides is 2. The van der Waals surface area contributed by atoms with E-state index in [2.05, 4.69) is 17.9 Å². The molecule has 1 heterocycles. The van der Waals surface area contributed by atoms with Gasteiger partial charge < -0.3 is 10.2 Å². The number of carbonyl (C=O) groups is 2. The van der Waals surface area contributed by atoms with Gasteiger partial charge in [0.15, 0.2) is 0 Å². The zero-order valence-corrected chi connectivity index (χ0v) is 8.51. The average molecular weight is 202 g/mol. The van der Waals surface area contributed by atoms with E-state index in [9.17, 15) is 9.59 Å². The molecule has 0 bridgehead atoms. The molecule has 2 amide bonds. The van der Waals surface area contributed by atoms with Gasteiger partial charge in [0.2, 0.25) is 11.8 Å². The van der Waals surface area contributed by atoms with E-state index in [1.807, 2.05) is 6.92 Å². The van der Waals surface area contributed by atoms with Crippen molar-refractivity contribution < 1.29 is 9.59 Å². The summed E-state index contributed by atoms with van der Waals surface area (Å²) < 4.78 is 0. The third-order valence-corrected chi connectivity index (χ3v) is 2.39. The van der Waals surface area contributed by atoms with Gasteiger partial charge in [-0.1, -0.05) is 0 Å². The molecule has 1 N–H and O–H groups in total. The monoisotopic (exact) mass is 202 g/mol. The first-order valence-electron chi connectivity index (χ1n) is 4.35. The lowest BCUT2D eigenvalue weighted by molar-refractivity contribution is -0.127. The van der Waals surface area contributed by atoms with Crippen molar-refractivity contribution in [1.29, 1.82) is 0 Å². The first-order chi connectivity index (χ1) is 6.17. The highest BCUT2D eigenvalue weighted by molar-refractivity contribution is 7.81. The molecule has 1 fully saturated rings. The molecule has 13 heavy (non-hydrogen) atoms. The summed E-state index contributed by atoms with van der Waals surface area (Å²) in [7, 11) is 0. The van der Waals surface area contributed by atoms with E-state index in [0.717, 1.165) is 0 Å². The molecule has 1 aliphatic heterocycles. The molecule has 0 saturated carbocycles. The number of nitrogens with one attached hydrogen (secondary N) is 1. The van der Waals surface area contributed by atoms with Gasteiger partial charge in [0.05, 0.1) is 11.8 Å². The maximum absolute atomic E-state index is 11.2. The van der Waals surface area contributed by atoms with Crippen molar-refractivity contribution in [3.63, 3.8) is 0 Å². The molecule has 1 saturated heterocycles. The Balaban J connectivity index is 2.40. The van der Waals surface area contributed by atoms with Crippen molar-refractivity contribution in [2.45, 2.75) is 19.4 Å². The summed E-state index contributed by atoms with van der Waals surface area (Å²) >= 11 is 3.85. The minimum atomic E-state index is -0.112. The molecule has 1 atom stereocenters. The van der Waals surface area contributed by atoms with Crippen LogP contribution in [0.5, 0.6) is 0 Å². The minimum Gasteiger partial charge on any atom is -0.350 e. The Kier molecular flexibility index (Phi) is 3.59. The van der Waals surface area contributed by atoms with Crippen LogP contribution in [0.1, 0.15) is 13.3 Å². The van der Waals surface area contributed by atoms with Crippen LogP contribution >= 0.6 is 12.6 Å². The molecule has 74 valence electrons. The highest BCUT2D eigenvalue weighted by Gasteiger charge is 2.28. The van der Waals surface area contributed by atoms with E-state index in [1.54, 1.807) is 4.90 Å². The topological polar surface area (TPSA) is 49.4 Å². The second-order valence-electron chi connectivity index (χ2n) is 3.06. The molecular weight excluding hydrogens is 188 g/mol. The van der Waals surface area contributed by atoms with Crippen LogP contribution in [0.3, 0.4) is 0 Å². The summed E-state index contributed by atoms with van der Waals surface area (Å²) in [6.07, 6.45) is 0.424. The molecule has 0 radical (unpaired) electrons. The lowest BCUT2D eigenvalue weighted by Gasteiger charge is -2.13. The number of hydrogen-bond donors (Lipinski definition) is 2. The van der Waals surface area contributed by atoms with Crippen LogP contribution < -0.4 is 5.32 Å². The molecule has 1 aliphatic rings. The van der Waals surface area contributed by atoms with Gasteiger partial charge in [-0.05, 0) is 6.92 Å². The molecule has 1 rings (SSSR count). The fourth-order valence-corrected chi connectivity index (χ4v) is 1.54. The number of nitrogens with zero attached hydrogens (tertiary/aromatic N) is 1. The number of carbonyl (C=O) groups excluding carboxylic acids is 2. The van der Waals surface area contributed by atoms with Gasteiger partial charge in [-0.25, -0.2) is 0 Å². The Bertz CT molecular complexity index is 220. The van der Waals surface area contributed by atoms with Crippen LogP contribution in [0.15, 0.2) is 0 Å². The number of likely N-dealkylation sites (tertiary alicyclic amines) is 1. The van der Waals surface area contributed by atoms with Crippen molar-refractivity contribution >= 4 is 24.4 Å². The highest BCUT2D eigenvalue weighted by Crippen LogP contribution is 2.09. The Labute approximate surface area is 83.1 Å². The SMILES string of the molecule is CCN1CC(NC(=O)CS)CC1=O. The maximum Gasteiger partial charge on any atom is 0.230 e. The lowest BCUT2D eigenvalue weighted by atomic mass is 10.2. The van der Waals surface area contributed by atoms with Crippen molar-refractivity contribution in [3.05, 3.63) is 0 Å². The summed E-state index contributed by atoms with van der Waals surface area (Å²) in [5, 5.41) is 2.75. The first kappa shape index (κ1) is 10.4. The Morgan fingerprint density at radius 2 is 2.46 bits per heavy atom. The van der Waals surface area contributed by atoms with Crippen molar-refractivity contribution in [3.8, 4) is 0 Å². The van der Waals surface area contributed by atoms with Gasteiger partial charge in [0.1, 0.15) is 0 Å². The average Bonchev–Trinajstić information content (AvgIpc) is 2.46. The Hall–Kier alpha value is -0.710. The largest absolute Gasteiger partial charge is 0.350 e. The molecule has 1 unspecified atom stereocenters. The first-order valence-corrected chi connectivity index (χ1v) is 4.98. The molecule has 0 aromatic carbocycles. The zero-order chi connectivity index (χ0) is 9.84. The van der Waals surface area contributed by atoms with E-state index in [-0.39, 0.29) is 23.6 Å². The molecule has 4 nitrogen and oxygen atoms in total. The van der Waals surface area contributed by atoms with Crippen LogP contribution in [0.2, 0.25) is 0 Å². The number of likely N-dealkylation sites (N-methyl/N-ethyl adjacent to an activating group) is 1. The second kappa shape index (κ2) is 4.50. The summed E-state index contributed by atoms with van der Waals surface area (Å²) in [5.74, 6) is 0.183. The quantitative estimate of drug-likeness (QED) is 0.615. The van der Waals surface area contributed by atoms with Crippen LogP contribution in [-0.2, 0) is 9.59 Å². The fraction of sp³-hybridized carbons (Fsp3) is 0.750. The fourth-order valence-electron chi connectivity index (χ4n) is 1.45. The molecule has 0 spiro atoms. The van der Waals surface area contributed by atoms with Gasteiger partial charge in [-0.3, -0.25) is 9.59 Å². The lowest BCUT2D eigenvalue weighted by Crippen LogP contribution is -2.37. The third-order valence-electron chi connectivity index (χ3n) is 2.10. The molecule has 0 aliphatic carbocycles. The molecule has 0 aromatic rings. The van der Waals surface area contributed by atoms with E-state index in [1.165, 1.54) is 0 Å². The van der Waals surface area contributed by atoms with Crippen molar-refractivity contribution in [2.24, 2.45) is 0 Å². The summed E-state index contributed by atoms with van der Waals surface area (Å²) in [6.45, 7) is 3.28. The second-order valence-corrected chi connectivity index (χ2v) is 3.38. The van der Waals surface area contributed by atoms with Crippen LogP contribution in [0, 0.1) is 0 Å². The van der Waals surface area contributed by atoms with Gasteiger partial charge in [0, 0.05) is 19.5 Å². The van der Waals surface area contributed by atoms with Crippen LogP contribution in [0.4, 0.5) is 0 Å². The van der Waals surface area contributed by atoms with Gasteiger partial charge in [-0.2, -0.15) is 12.6 Å². The number of thiol groups is 1. The van der Waals surface area contributed by atoms with E-state index < -0.39 is 0 Å². The van der Waals surface area contributed by atoms with Gasteiger partial charge in [-0.15, -0.1) is 0 Å². The summed E-state index contributed by atoms with van der Waals surface area (Å²) in [4.78, 5) is 23.9. The standard InChI is InChI=1S/C8H14N2O2S/c1-2-10-4-6(3-8(10)12)9-7(11)5-13/h6,13H,2-5H2,1H3,(H,9,11). The Morgan fingerprint density at radius 1 is 1.77 bits per heavy atom. The van der Waals surface area contributed by atoms with E-state index in [0.29, 0.717) is 19.5 Å². The van der Waals surface area contributed by atoms with Gasteiger partial charge >= 0.3 is 0 Å². The maximum atomic E-state index is 11.2. The molecule has 0 aromatic heterocycles. The number of hydrogen-bond acceptors (Lipinski definition) is 3. The van der Waals surface area contributed by atoms with Crippen LogP contribution in [0.25, 0.3) is 0 Å². The smallest absolute Gasteiger partial charge is 0.230 e. The summed E-state index contributed by atoms with van der Waals surface area (Å²) in [5.41, 5.74) is 0. The van der Waals surface area contributed by atoms with E-state index >= 15 is 0 Å². The van der Waals surface area contributed by atoms with E-state index in [4.69, 9.17) is 0 Å². The zero-order valence-electron chi connectivity index (χ0n) is 7.62. The molecule has 5 heteroatoms. The number of rotatable bonds is 3. The van der Waals surface area contributed by atoms with Crippen molar-refractivity contribution in [2.75, 3.05) is 18.8 Å². The normalized spacial score (nSPS) is 22.2. The third kappa shape index (κ3) is 2.62.